The summed E-state index contributed by atoms with van der Waals surface area (Å²) in [6.45, 7) is 1.41. The highest BCUT2D eigenvalue weighted by molar-refractivity contribution is 5.97. The van der Waals surface area contributed by atoms with Crippen LogP contribution in [0, 0.1) is 5.92 Å². The summed E-state index contributed by atoms with van der Waals surface area (Å²) in [4.78, 5) is 23.3. The molecule has 4 N–H and O–H groups in total. The van der Waals surface area contributed by atoms with Crippen molar-refractivity contribution in [2.24, 2.45) is 11.7 Å². The molecule has 0 spiro atoms. The molecule has 0 aliphatic heterocycles. The first-order chi connectivity index (χ1) is 10.7. The SMILES string of the molecule is CC(=O)Nc1cc(C(=O)NC(CN)C2CC2)cc(C(F)(F)F)c1.Cl. The van der Waals surface area contributed by atoms with Crippen LogP contribution in [0.2, 0.25) is 0 Å². The van der Waals surface area contributed by atoms with E-state index in [0.717, 1.165) is 25.0 Å². The Labute approximate surface area is 143 Å². The Balaban J connectivity index is 0.00000288. The van der Waals surface area contributed by atoms with Crippen molar-refractivity contribution in [2.75, 3.05) is 11.9 Å². The number of hydrogen-bond donors (Lipinski definition) is 3. The number of nitrogens with two attached hydrogens (primary N) is 1. The molecule has 0 radical (unpaired) electrons. The van der Waals surface area contributed by atoms with Gasteiger partial charge in [0.1, 0.15) is 0 Å². The molecule has 5 nitrogen and oxygen atoms in total. The van der Waals surface area contributed by atoms with Gasteiger partial charge in [-0.1, -0.05) is 0 Å². The monoisotopic (exact) mass is 365 g/mol. The number of nitrogens with one attached hydrogen (secondary N) is 2. The average Bonchev–Trinajstić information content (AvgIpc) is 3.27. The van der Waals surface area contributed by atoms with Crippen molar-refractivity contribution >= 4 is 29.9 Å². The third-order valence-electron chi connectivity index (χ3n) is 3.60. The number of anilines is 1. The van der Waals surface area contributed by atoms with E-state index in [2.05, 4.69) is 10.6 Å². The molecule has 0 aromatic heterocycles. The van der Waals surface area contributed by atoms with Crippen LogP contribution in [0.4, 0.5) is 18.9 Å². The number of halogens is 4. The smallest absolute Gasteiger partial charge is 0.348 e. The van der Waals surface area contributed by atoms with Crippen LogP contribution in [0.25, 0.3) is 0 Å². The quantitative estimate of drug-likeness (QED) is 0.749. The van der Waals surface area contributed by atoms with E-state index < -0.39 is 23.6 Å². The van der Waals surface area contributed by atoms with Gasteiger partial charge in [0.15, 0.2) is 0 Å². The van der Waals surface area contributed by atoms with Crippen molar-refractivity contribution in [2.45, 2.75) is 32.0 Å². The van der Waals surface area contributed by atoms with Crippen LogP contribution >= 0.6 is 12.4 Å². The van der Waals surface area contributed by atoms with Gasteiger partial charge in [-0.05, 0) is 37.0 Å². The summed E-state index contributed by atoms with van der Waals surface area (Å²) in [6.07, 6.45) is -2.73. The number of rotatable bonds is 5. The van der Waals surface area contributed by atoms with Crippen LogP contribution in [0.1, 0.15) is 35.7 Å². The Hall–Kier alpha value is -1.80. The van der Waals surface area contributed by atoms with Gasteiger partial charge in [0.05, 0.1) is 5.56 Å². The maximum Gasteiger partial charge on any atom is 0.416 e. The van der Waals surface area contributed by atoms with E-state index in [1.807, 2.05) is 0 Å². The summed E-state index contributed by atoms with van der Waals surface area (Å²) in [5.41, 5.74) is 4.35. The third kappa shape index (κ3) is 5.38. The summed E-state index contributed by atoms with van der Waals surface area (Å²) in [7, 11) is 0. The van der Waals surface area contributed by atoms with Crippen molar-refractivity contribution in [3.63, 3.8) is 0 Å². The van der Waals surface area contributed by atoms with Gasteiger partial charge in [0, 0.05) is 30.8 Å². The first kappa shape index (κ1) is 20.2. The molecule has 1 aromatic rings. The fraction of sp³-hybridized carbons (Fsp3) is 0.467. The summed E-state index contributed by atoms with van der Waals surface area (Å²) >= 11 is 0. The largest absolute Gasteiger partial charge is 0.416 e. The number of carbonyl (C=O) groups excluding carboxylic acids is 2. The molecule has 1 aromatic carbocycles. The van der Waals surface area contributed by atoms with Gasteiger partial charge in [-0.15, -0.1) is 12.4 Å². The maximum atomic E-state index is 13.0. The zero-order valence-electron chi connectivity index (χ0n) is 12.9. The van der Waals surface area contributed by atoms with E-state index >= 15 is 0 Å². The number of benzene rings is 1. The Kier molecular flexibility index (Phi) is 6.62. The maximum absolute atomic E-state index is 13.0. The van der Waals surface area contributed by atoms with Crippen LogP contribution in [-0.4, -0.2) is 24.4 Å². The van der Waals surface area contributed by atoms with Gasteiger partial charge in [-0.3, -0.25) is 9.59 Å². The minimum atomic E-state index is -4.62. The Bertz CT molecular complexity index is 618. The van der Waals surface area contributed by atoms with Gasteiger partial charge in [0.25, 0.3) is 5.91 Å². The second kappa shape index (κ2) is 7.85. The lowest BCUT2D eigenvalue weighted by molar-refractivity contribution is -0.137. The molecule has 0 bridgehead atoms. The molecule has 1 atom stereocenters. The molecule has 1 saturated carbocycles. The summed E-state index contributed by atoms with van der Waals surface area (Å²) in [5, 5.41) is 4.93. The average molecular weight is 366 g/mol. The van der Waals surface area contributed by atoms with Crippen molar-refractivity contribution in [1.29, 1.82) is 0 Å². The Morgan fingerprint density at radius 3 is 2.38 bits per heavy atom. The normalized spacial score (nSPS) is 15.2. The second-order valence-corrected chi connectivity index (χ2v) is 5.63. The number of alkyl halides is 3. The molecule has 2 amide bonds. The zero-order valence-corrected chi connectivity index (χ0v) is 13.8. The Morgan fingerprint density at radius 1 is 1.29 bits per heavy atom. The molecule has 9 heteroatoms. The van der Waals surface area contributed by atoms with Crippen molar-refractivity contribution in [1.82, 2.24) is 5.32 Å². The van der Waals surface area contributed by atoms with Gasteiger partial charge < -0.3 is 16.4 Å². The second-order valence-electron chi connectivity index (χ2n) is 5.63. The lowest BCUT2D eigenvalue weighted by Crippen LogP contribution is -2.41. The van der Waals surface area contributed by atoms with Crippen LogP contribution in [0.5, 0.6) is 0 Å². The minimum Gasteiger partial charge on any atom is -0.348 e. The van der Waals surface area contributed by atoms with Crippen LogP contribution in [-0.2, 0) is 11.0 Å². The van der Waals surface area contributed by atoms with E-state index in [1.54, 1.807) is 0 Å². The number of amides is 2. The van der Waals surface area contributed by atoms with Crippen LogP contribution in [0.15, 0.2) is 18.2 Å². The molecule has 1 unspecified atom stereocenters. The summed E-state index contributed by atoms with van der Waals surface area (Å²) in [6, 6.07) is 2.52. The molecule has 0 saturated heterocycles. The number of hydrogen-bond acceptors (Lipinski definition) is 3. The predicted molar refractivity (Wildman–Crippen MR) is 86.0 cm³/mol. The first-order valence-electron chi connectivity index (χ1n) is 7.21. The zero-order chi connectivity index (χ0) is 17.2. The molecular formula is C15H19ClF3N3O2. The summed E-state index contributed by atoms with van der Waals surface area (Å²) < 4.78 is 38.9. The van der Waals surface area contributed by atoms with Crippen LogP contribution < -0.4 is 16.4 Å². The fourth-order valence-electron chi connectivity index (χ4n) is 2.32. The van der Waals surface area contributed by atoms with Gasteiger partial charge in [-0.25, -0.2) is 0 Å². The van der Waals surface area contributed by atoms with E-state index in [9.17, 15) is 22.8 Å². The molecule has 2 rings (SSSR count). The molecule has 24 heavy (non-hydrogen) atoms. The number of carbonyl (C=O) groups is 2. The molecule has 0 heterocycles. The molecule has 1 fully saturated rings. The van der Waals surface area contributed by atoms with Crippen molar-refractivity contribution in [3.05, 3.63) is 29.3 Å². The topological polar surface area (TPSA) is 84.2 Å². The van der Waals surface area contributed by atoms with E-state index in [4.69, 9.17) is 5.73 Å². The molecule has 1 aliphatic carbocycles. The lowest BCUT2D eigenvalue weighted by Gasteiger charge is -2.17. The first-order valence-corrected chi connectivity index (χ1v) is 7.21. The van der Waals surface area contributed by atoms with E-state index in [0.29, 0.717) is 0 Å². The van der Waals surface area contributed by atoms with Gasteiger partial charge in [0.2, 0.25) is 5.91 Å². The lowest BCUT2D eigenvalue weighted by atomic mass is 10.1. The minimum absolute atomic E-state index is 0. The predicted octanol–water partition coefficient (Wildman–Crippen LogP) is 2.55. The van der Waals surface area contributed by atoms with Gasteiger partial charge >= 0.3 is 6.18 Å². The molecule has 1 aliphatic rings. The van der Waals surface area contributed by atoms with Gasteiger partial charge in [-0.2, -0.15) is 13.2 Å². The third-order valence-corrected chi connectivity index (χ3v) is 3.60. The Morgan fingerprint density at radius 2 is 1.92 bits per heavy atom. The van der Waals surface area contributed by atoms with Crippen LogP contribution in [0.3, 0.4) is 0 Å². The highest BCUT2D eigenvalue weighted by Crippen LogP contribution is 2.33. The highest BCUT2D eigenvalue weighted by Gasteiger charge is 2.34. The van der Waals surface area contributed by atoms with E-state index in [1.165, 1.54) is 13.0 Å². The molecular weight excluding hydrogens is 347 g/mol. The summed E-state index contributed by atoms with van der Waals surface area (Å²) in [5.74, 6) is -0.872. The fourth-order valence-corrected chi connectivity index (χ4v) is 2.32. The van der Waals surface area contributed by atoms with Crippen molar-refractivity contribution < 1.29 is 22.8 Å². The van der Waals surface area contributed by atoms with E-state index in [-0.39, 0.29) is 42.2 Å². The van der Waals surface area contributed by atoms with Crippen molar-refractivity contribution in [3.8, 4) is 0 Å². The standard InChI is InChI=1S/C15H18F3N3O2.ClH/c1-8(22)20-12-5-10(4-11(6-12)15(16,17)18)14(23)21-13(7-19)9-2-3-9;/h4-6,9,13H,2-3,7,19H2,1H3,(H,20,22)(H,21,23);1H. The highest BCUT2D eigenvalue weighted by atomic mass is 35.5. The molecule has 134 valence electrons.